The summed E-state index contributed by atoms with van der Waals surface area (Å²) in [6.45, 7) is 5.02. The number of hydrogen-bond donors (Lipinski definition) is 1. The molecule has 0 saturated carbocycles. The van der Waals surface area contributed by atoms with Crippen LogP contribution in [0.4, 0.5) is 5.82 Å². The van der Waals surface area contributed by atoms with E-state index in [-0.39, 0.29) is 0 Å². The lowest BCUT2D eigenvalue weighted by Crippen LogP contribution is -2.26. The van der Waals surface area contributed by atoms with Crippen LogP contribution < -0.4 is 10.2 Å². The van der Waals surface area contributed by atoms with Crippen molar-refractivity contribution in [2.24, 2.45) is 0 Å². The van der Waals surface area contributed by atoms with Crippen molar-refractivity contribution >= 4 is 5.82 Å². The zero-order chi connectivity index (χ0) is 10.6. The van der Waals surface area contributed by atoms with Crippen LogP contribution in [0.1, 0.15) is 19.5 Å². The third-order valence-corrected chi connectivity index (χ3v) is 2.19. The zero-order valence-corrected chi connectivity index (χ0v) is 9.28. The standard InChI is InChI=1S/C10H18N4/c1-8(2)14(4)10-7-12-9(5-11-3)6-13-10/h6-8,11H,5H2,1-4H3. The Balaban J connectivity index is 2.72. The van der Waals surface area contributed by atoms with E-state index in [1.165, 1.54) is 0 Å². The molecule has 4 heteroatoms. The van der Waals surface area contributed by atoms with Crippen LogP contribution in [0.3, 0.4) is 0 Å². The molecule has 0 unspecified atom stereocenters. The topological polar surface area (TPSA) is 41.1 Å². The van der Waals surface area contributed by atoms with Crippen LogP contribution in [-0.2, 0) is 6.54 Å². The fourth-order valence-electron chi connectivity index (χ4n) is 1.07. The normalized spacial score (nSPS) is 10.6. The minimum absolute atomic E-state index is 0.444. The van der Waals surface area contributed by atoms with Crippen molar-refractivity contribution in [1.82, 2.24) is 15.3 Å². The fourth-order valence-corrected chi connectivity index (χ4v) is 1.07. The van der Waals surface area contributed by atoms with E-state index in [1.54, 1.807) is 0 Å². The molecule has 0 aliphatic carbocycles. The number of nitrogens with one attached hydrogen (secondary N) is 1. The highest BCUT2D eigenvalue weighted by Crippen LogP contribution is 2.09. The quantitative estimate of drug-likeness (QED) is 0.777. The first-order valence-corrected chi connectivity index (χ1v) is 4.83. The molecule has 1 aromatic rings. The Bertz CT molecular complexity index is 268. The summed E-state index contributed by atoms with van der Waals surface area (Å²) in [5, 5.41) is 3.04. The lowest BCUT2D eigenvalue weighted by molar-refractivity contribution is 0.732. The van der Waals surface area contributed by atoms with E-state index in [9.17, 15) is 0 Å². The van der Waals surface area contributed by atoms with Gasteiger partial charge in [0.2, 0.25) is 0 Å². The third-order valence-electron chi connectivity index (χ3n) is 2.19. The molecular formula is C10H18N4. The third kappa shape index (κ3) is 2.67. The molecule has 0 radical (unpaired) electrons. The highest BCUT2D eigenvalue weighted by Gasteiger charge is 2.06. The molecule has 78 valence electrons. The number of aromatic nitrogens is 2. The molecule has 0 spiro atoms. The molecule has 0 aliphatic rings. The number of nitrogens with zero attached hydrogens (tertiary/aromatic N) is 3. The lowest BCUT2D eigenvalue weighted by Gasteiger charge is -2.21. The van der Waals surface area contributed by atoms with Gasteiger partial charge in [-0.25, -0.2) is 4.98 Å². The van der Waals surface area contributed by atoms with Crippen LogP contribution in [-0.4, -0.2) is 30.1 Å². The summed E-state index contributed by atoms with van der Waals surface area (Å²) in [6.07, 6.45) is 3.62. The summed E-state index contributed by atoms with van der Waals surface area (Å²) >= 11 is 0. The highest BCUT2D eigenvalue weighted by atomic mass is 15.2. The predicted octanol–water partition coefficient (Wildman–Crippen LogP) is 1.04. The molecule has 1 aromatic heterocycles. The van der Waals surface area contributed by atoms with Crippen molar-refractivity contribution in [2.45, 2.75) is 26.4 Å². The minimum atomic E-state index is 0.444. The Morgan fingerprint density at radius 2 is 2.07 bits per heavy atom. The molecule has 0 amide bonds. The van der Waals surface area contributed by atoms with Crippen LogP contribution in [0, 0.1) is 0 Å². The Hall–Kier alpha value is -1.16. The highest BCUT2D eigenvalue weighted by molar-refractivity contribution is 5.35. The van der Waals surface area contributed by atoms with Gasteiger partial charge in [0.05, 0.1) is 18.1 Å². The monoisotopic (exact) mass is 194 g/mol. The van der Waals surface area contributed by atoms with Crippen molar-refractivity contribution in [3.63, 3.8) is 0 Å². The fraction of sp³-hybridized carbons (Fsp3) is 0.600. The number of rotatable bonds is 4. The number of anilines is 1. The van der Waals surface area contributed by atoms with Gasteiger partial charge in [0, 0.05) is 19.6 Å². The first kappa shape index (κ1) is 10.9. The molecular weight excluding hydrogens is 176 g/mol. The van der Waals surface area contributed by atoms with Gasteiger partial charge in [0.25, 0.3) is 0 Å². The van der Waals surface area contributed by atoms with E-state index in [0.717, 1.165) is 18.1 Å². The van der Waals surface area contributed by atoms with Crippen LogP contribution in [0.15, 0.2) is 12.4 Å². The second-order valence-electron chi connectivity index (χ2n) is 3.60. The van der Waals surface area contributed by atoms with Gasteiger partial charge >= 0.3 is 0 Å². The van der Waals surface area contributed by atoms with Gasteiger partial charge < -0.3 is 10.2 Å². The molecule has 14 heavy (non-hydrogen) atoms. The predicted molar refractivity (Wildman–Crippen MR) is 58.3 cm³/mol. The second kappa shape index (κ2) is 4.91. The SMILES string of the molecule is CNCc1cnc(N(C)C(C)C)cn1. The van der Waals surface area contributed by atoms with E-state index in [1.807, 2.05) is 26.5 Å². The summed E-state index contributed by atoms with van der Waals surface area (Å²) in [4.78, 5) is 10.7. The molecule has 1 rings (SSSR count). The van der Waals surface area contributed by atoms with Crippen LogP contribution in [0.25, 0.3) is 0 Å². The van der Waals surface area contributed by atoms with Gasteiger partial charge in [0.15, 0.2) is 0 Å². The van der Waals surface area contributed by atoms with Crippen molar-refractivity contribution in [1.29, 1.82) is 0 Å². The maximum atomic E-state index is 4.34. The number of hydrogen-bond acceptors (Lipinski definition) is 4. The summed E-state index contributed by atoms with van der Waals surface area (Å²) in [5.41, 5.74) is 0.966. The van der Waals surface area contributed by atoms with E-state index in [2.05, 4.69) is 34.0 Å². The lowest BCUT2D eigenvalue weighted by atomic mass is 10.3. The van der Waals surface area contributed by atoms with E-state index >= 15 is 0 Å². The van der Waals surface area contributed by atoms with Crippen LogP contribution >= 0.6 is 0 Å². The van der Waals surface area contributed by atoms with Crippen molar-refractivity contribution in [3.8, 4) is 0 Å². The first-order valence-electron chi connectivity index (χ1n) is 4.83. The smallest absolute Gasteiger partial charge is 0.147 e. The summed E-state index contributed by atoms with van der Waals surface area (Å²) in [5.74, 6) is 0.917. The Labute approximate surface area is 85.4 Å². The van der Waals surface area contributed by atoms with E-state index < -0.39 is 0 Å². The minimum Gasteiger partial charge on any atom is -0.356 e. The molecule has 1 heterocycles. The van der Waals surface area contributed by atoms with Crippen molar-refractivity contribution in [3.05, 3.63) is 18.1 Å². The molecule has 0 atom stereocenters. The van der Waals surface area contributed by atoms with E-state index in [0.29, 0.717) is 6.04 Å². The van der Waals surface area contributed by atoms with E-state index in [4.69, 9.17) is 0 Å². The van der Waals surface area contributed by atoms with Crippen molar-refractivity contribution in [2.75, 3.05) is 19.0 Å². The van der Waals surface area contributed by atoms with Gasteiger partial charge in [-0.3, -0.25) is 4.98 Å². The molecule has 0 bridgehead atoms. The van der Waals surface area contributed by atoms with Gasteiger partial charge in [-0.15, -0.1) is 0 Å². The van der Waals surface area contributed by atoms with Crippen LogP contribution in [0.5, 0.6) is 0 Å². The summed E-state index contributed by atoms with van der Waals surface area (Å²) < 4.78 is 0. The Morgan fingerprint density at radius 1 is 1.36 bits per heavy atom. The van der Waals surface area contributed by atoms with Gasteiger partial charge in [-0.1, -0.05) is 0 Å². The molecule has 1 N–H and O–H groups in total. The van der Waals surface area contributed by atoms with Crippen molar-refractivity contribution < 1.29 is 0 Å². The maximum Gasteiger partial charge on any atom is 0.147 e. The molecule has 4 nitrogen and oxygen atoms in total. The molecule has 0 saturated heterocycles. The Kier molecular flexibility index (Phi) is 3.83. The molecule has 0 fully saturated rings. The van der Waals surface area contributed by atoms with Crippen LogP contribution in [0.2, 0.25) is 0 Å². The van der Waals surface area contributed by atoms with Gasteiger partial charge in [0.1, 0.15) is 5.82 Å². The zero-order valence-electron chi connectivity index (χ0n) is 9.28. The maximum absolute atomic E-state index is 4.34. The van der Waals surface area contributed by atoms with Gasteiger partial charge in [-0.05, 0) is 20.9 Å². The average Bonchev–Trinajstić information content (AvgIpc) is 2.18. The first-order chi connectivity index (χ1) is 6.65. The molecule has 0 aliphatic heterocycles. The average molecular weight is 194 g/mol. The summed E-state index contributed by atoms with van der Waals surface area (Å²) in [7, 11) is 3.92. The Morgan fingerprint density at radius 3 is 2.50 bits per heavy atom. The summed E-state index contributed by atoms with van der Waals surface area (Å²) in [6, 6.07) is 0.444. The molecule has 0 aromatic carbocycles. The van der Waals surface area contributed by atoms with Gasteiger partial charge in [-0.2, -0.15) is 0 Å². The second-order valence-corrected chi connectivity index (χ2v) is 3.60. The largest absolute Gasteiger partial charge is 0.356 e.